The minimum Gasteiger partial charge on any atom is -0.457 e. The lowest BCUT2D eigenvalue weighted by Gasteiger charge is -2.33. The van der Waals surface area contributed by atoms with E-state index in [2.05, 4.69) is 15.6 Å². The molecule has 0 unspecified atom stereocenters. The summed E-state index contributed by atoms with van der Waals surface area (Å²) in [5.41, 5.74) is 2.76. The topological polar surface area (TPSA) is 83.6 Å². The smallest absolute Gasteiger partial charge is 0.321 e. The molecular weight excluding hydrogens is 448 g/mol. The molecule has 0 saturated heterocycles. The number of para-hydroxylation sites is 2. The Kier molecular flexibility index (Phi) is 5.45. The van der Waals surface area contributed by atoms with Crippen molar-refractivity contribution in [1.29, 1.82) is 0 Å². The summed E-state index contributed by atoms with van der Waals surface area (Å²) < 4.78 is 6.06. The molecule has 1 saturated carbocycles. The fraction of sp³-hybridized carbons (Fsp3) is 0.346. The summed E-state index contributed by atoms with van der Waals surface area (Å²) in [5, 5.41) is 6.53. The van der Waals surface area contributed by atoms with Crippen LogP contribution in [-0.4, -0.2) is 34.4 Å². The van der Waals surface area contributed by atoms with E-state index in [-0.39, 0.29) is 18.0 Å². The molecular formula is C26H26N4O3S. The second kappa shape index (κ2) is 8.76. The first kappa shape index (κ1) is 21.2. The highest BCUT2D eigenvalue weighted by molar-refractivity contribution is 7.15. The van der Waals surface area contributed by atoms with Crippen LogP contribution in [0.5, 0.6) is 11.5 Å². The van der Waals surface area contributed by atoms with Crippen molar-refractivity contribution in [2.45, 2.75) is 50.6 Å². The lowest BCUT2D eigenvalue weighted by Crippen LogP contribution is -2.39. The summed E-state index contributed by atoms with van der Waals surface area (Å²) in [6, 6.07) is 15.6. The molecule has 0 spiro atoms. The fourth-order valence-electron chi connectivity index (χ4n) is 5.18. The van der Waals surface area contributed by atoms with Crippen LogP contribution in [0.1, 0.15) is 53.3 Å². The van der Waals surface area contributed by atoms with Gasteiger partial charge in [-0.25, -0.2) is 9.78 Å². The van der Waals surface area contributed by atoms with E-state index in [1.165, 1.54) is 24.2 Å². The van der Waals surface area contributed by atoms with E-state index in [4.69, 9.17) is 4.74 Å². The highest BCUT2D eigenvalue weighted by Crippen LogP contribution is 2.45. The second-order valence-electron chi connectivity index (χ2n) is 9.09. The number of carbonyl (C=O) groups is 2. The maximum atomic E-state index is 13.8. The Morgan fingerprint density at radius 1 is 1.00 bits per heavy atom. The van der Waals surface area contributed by atoms with E-state index >= 15 is 0 Å². The van der Waals surface area contributed by atoms with Gasteiger partial charge in [0.25, 0.3) is 0 Å². The predicted molar refractivity (Wildman–Crippen MR) is 130 cm³/mol. The Morgan fingerprint density at radius 2 is 1.68 bits per heavy atom. The summed E-state index contributed by atoms with van der Waals surface area (Å²) in [7, 11) is 0. The van der Waals surface area contributed by atoms with E-state index < -0.39 is 5.92 Å². The molecule has 1 aromatic heterocycles. The summed E-state index contributed by atoms with van der Waals surface area (Å²) in [5.74, 6) is 1.13. The first-order chi connectivity index (χ1) is 16.7. The van der Waals surface area contributed by atoms with Crippen molar-refractivity contribution < 1.29 is 14.3 Å². The number of benzene rings is 2. The van der Waals surface area contributed by atoms with Gasteiger partial charge in [0.2, 0.25) is 5.91 Å². The van der Waals surface area contributed by atoms with Crippen molar-refractivity contribution >= 4 is 28.4 Å². The maximum Gasteiger partial charge on any atom is 0.321 e. The van der Waals surface area contributed by atoms with E-state index in [1.54, 1.807) is 0 Å². The molecule has 3 aromatic rings. The van der Waals surface area contributed by atoms with Crippen LogP contribution in [0.4, 0.5) is 9.93 Å². The average Bonchev–Trinajstić information content (AvgIpc) is 3.50. The Labute approximate surface area is 202 Å². The molecule has 3 amide bonds. The van der Waals surface area contributed by atoms with Crippen LogP contribution in [0.2, 0.25) is 0 Å². The molecule has 0 bridgehead atoms. The van der Waals surface area contributed by atoms with Crippen molar-refractivity contribution in [1.82, 2.24) is 15.2 Å². The third-order valence-corrected chi connectivity index (χ3v) is 7.88. The number of urea groups is 1. The molecule has 6 rings (SSSR count). The molecule has 1 fully saturated rings. The number of thiazole rings is 1. The van der Waals surface area contributed by atoms with Gasteiger partial charge in [-0.3, -0.25) is 10.1 Å². The number of hydrogen-bond donors (Lipinski definition) is 2. The number of aromatic nitrogens is 1. The van der Waals surface area contributed by atoms with E-state index in [1.807, 2.05) is 53.4 Å². The first-order valence-corrected chi connectivity index (χ1v) is 12.7. The van der Waals surface area contributed by atoms with Gasteiger partial charge in [-0.1, -0.05) is 60.6 Å². The van der Waals surface area contributed by atoms with Gasteiger partial charge in [0, 0.05) is 35.0 Å². The van der Waals surface area contributed by atoms with Gasteiger partial charge in [-0.05, 0) is 25.0 Å². The highest BCUT2D eigenvalue weighted by atomic mass is 32.1. The van der Waals surface area contributed by atoms with Crippen molar-refractivity contribution in [3.05, 3.63) is 70.2 Å². The van der Waals surface area contributed by atoms with Crippen LogP contribution >= 0.6 is 11.3 Å². The largest absolute Gasteiger partial charge is 0.457 e. The van der Waals surface area contributed by atoms with Gasteiger partial charge in [0.1, 0.15) is 11.5 Å². The van der Waals surface area contributed by atoms with Crippen LogP contribution in [0.25, 0.3) is 0 Å². The summed E-state index contributed by atoms with van der Waals surface area (Å²) in [4.78, 5) is 33.8. The van der Waals surface area contributed by atoms with Crippen LogP contribution in [0, 0.1) is 0 Å². The Balaban J connectivity index is 1.20. The number of carbonyl (C=O) groups excluding carboxylic acids is 2. The molecule has 0 atom stereocenters. The van der Waals surface area contributed by atoms with Crippen LogP contribution in [0.15, 0.2) is 48.5 Å². The van der Waals surface area contributed by atoms with E-state index in [9.17, 15) is 9.59 Å². The maximum absolute atomic E-state index is 13.8. The van der Waals surface area contributed by atoms with Gasteiger partial charge >= 0.3 is 6.03 Å². The van der Waals surface area contributed by atoms with Gasteiger partial charge in [-0.15, -0.1) is 0 Å². The van der Waals surface area contributed by atoms with Gasteiger partial charge in [0.05, 0.1) is 18.2 Å². The SMILES string of the molecule is O=C(Nc1nc2c(s1)CN(C(=O)C1c3ccccc3Oc3ccccc31)CC2)NC1CCCC1. The molecule has 2 aliphatic heterocycles. The molecule has 2 aromatic carbocycles. The molecule has 3 aliphatic rings. The van der Waals surface area contributed by atoms with Crippen molar-refractivity contribution in [3.8, 4) is 11.5 Å². The van der Waals surface area contributed by atoms with E-state index in [0.29, 0.717) is 24.6 Å². The quantitative estimate of drug-likeness (QED) is 0.558. The highest BCUT2D eigenvalue weighted by Gasteiger charge is 2.36. The van der Waals surface area contributed by atoms with Crippen molar-refractivity contribution in [3.63, 3.8) is 0 Å². The molecule has 174 valence electrons. The number of anilines is 1. The second-order valence-corrected chi connectivity index (χ2v) is 10.2. The van der Waals surface area contributed by atoms with Crippen LogP contribution in [0.3, 0.4) is 0 Å². The third-order valence-electron chi connectivity index (χ3n) is 6.88. The normalized spacial score (nSPS) is 17.4. The molecule has 3 heterocycles. The van der Waals surface area contributed by atoms with Gasteiger partial charge in [0.15, 0.2) is 5.13 Å². The Morgan fingerprint density at radius 3 is 2.38 bits per heavy atom. The van der Waals surface area contributed by atoms with Gasteiger partial charge < -0.3 is 15.0 Å². The van der Waals surface area contributed by atoms with Crippen LogP contribution < -0.4 is 15.4 Å². The summed E-state index contributed by atoms with van der Waals surface area (Å²) in [6.07, 6.45) is 5.09. The van der Waals surface area contributed by atoms with E-state index in [0.717, 1.165) is 46.0 Å². The van der Waals surface area contributed by atoms with Gasteiger partial charge in [-0.2, -0.15) is 0 Å². The van der Waals surface area contributed by atoms with Crippen molar-refractivity contribution in [2.75, 3.05) is 11.9 Å². The summed E-state index contributed by atoms with van der Waals surface area (Å²) in [6.45, 7) is 1.10. The predicted octanol–water partition coefficient (Wildman–Crippen LogP) is 5.03. The number of rotatable bonds is 3. The zero-order valence-electron chi connectivity index (χ0n) is 18.8. The molecule has 8 heteroatoms. The number of nitrogens with one attached hydrogen (secondary N) is 2. The standard InChI is InChI=1S/C26H26N4O3S/c31-24(23-17-9-3-5-11-20(17)33-21-12-6-4-10-18(21)23)30-14-13-19-22(15-30)34-26(28-19)29-25(32)27-16-7-1-2-8-16/h3-6,9-12,16,23H,1-2,7-8,13-15H2,(H2,27,28,29,32). The Hall–Kier alpha value is -3.39. The average molecular weight is 475 g/mol. The van der Waals surface area contributed by atoms with Crippen LogP contribution in [-0.2, 0) is 17.8 Å². The first-order valence-electron chi connectivity index (χ1n) is 11.9. The Bertz CT molecular complexity index is 1200. The summed E-state index contributed by atoms with van der Waals surface area (Å²) >= 11 is 1.46. The lowest BCUT2D eigenvalue weighted by molar-refractivity contribution is -0.132. The van der Waals surface area contributed by atoms with Crippen molar-refractivity contribution in [2.24, 2.45) is 0 Å². The number of hydrogen-bond acceptors (Lipinski definition) is 5. The molecule has 7 nitrogen and oxygen atoms in total. The molecule has 2 N–H and O–H groups in total. The number of fused-ring (bicyclic) bond motifs is 3. The molecule has 0 radical (unpaired) electrons. The lowest BCUT2D eigenvalue weighted by atomic mass is 9.86. The third kappa shape index (κ3) is 3.92. The number of nitrogens with zero attached hydrogens (tertiary/aromatic N) is 2. The molecule has 34 heavy (non-hydrogen) atoms. The zero-order valence-corrected chi connectivity index (χ0v) is 19.6. The fourth-order valence-corrected chi connectivity index (χ4v) is 6.20. The zero-order chi connectivity index (χ0) is 23.1. The monoisotopic (exact) mass is 474 g/mol. The number of amides is 3. The molecule has 1 aliphatic carbocycles. The number of ether oxygens (including phenoxy) is 1. The minimum atomic E-state index is -0.398. The minimum absolute atomic E-state index is 0.0655.